The monoisotopic (exact) mass is 248 g/mol. The summed E-state index contributed by atoms with van der Waals surface area (Å²) in [5, 5.41) is 11.8. The van der Waals surface area contributed by atoms with Crippen molar-refractivity contribution in [1.29, 1.82) is 0 Å². The average molecular weight is 248 g/mol. The second-order valence-electron chi connectivity index (χ2n) is 4.54. The Morgan fingerprint density at radius 2 is 2.19 bits per heavy atom. The van der Waals surface area contributed by atoms with Gasteiger partial charge in [0.2, 0.25) is 10.0 Å². The molecule has 92 valence electrons. The maximum Gasteiger partial charge on any atom is 0.320 e. The van der Waals surface area contributed by atoms with Crippen LogP contribution in [0.3, 0.4) is 0 Å². The van der Waals surface area contributed by atoms with Gasteiger partial charge in [-0.05, 0) is 31.8 Å². The molecule has 2 aliphatic heterocycles. The van der Waals surface area contributed by atoms with Gasteiger partial charge in [-0.1, -0.05) is 0 Å². The third-order valence-electron chi connectivity index (χ3n) is 3.54. The van der Waals surface area contributed by atoms with Crippen molar-refractivity contribution in [3.8, 4) is 0 Å². The Balaban J connectivity index is 2.14. The number of carboxylic acid groups (broad SMARTS) is 1. The number of sulfonamides is 1. The Morgan fingerprint density at radius 1 is 1.50 bits per heavy atom. The summed E-state index contributed by atoms with van der Waals surface area (Å²) < 4.78 is 25.0. The summed E-state index contributed by atoms with van der Waals surface area (Å²) in [4.78, 5) is 10.5. The van der Waals surface area contributed by atoms with E-state index in [0.29, 0.717) is 18.4 Å². The Bertz CT molecular complexity index is 394. The fraction of sp³-hybridized carbons (Fsp3) is 0.889. The number of carboxylic acids is 1. The van der Waals surface area contributed by atoms with Gasteiger partial charge in [-0.25, -0.2) is 8.42 Å². The zero-order valence-corrected chi connectivity index (χ0v) is 9.90. The van der Waals surface area contributed by atoms with Gasteiger partial charge >= 0.3 is 5.97 Å². The van der Waals surface area contributed by atoms with Gasteiger partial charge in [0, 0.05) is 12.6 Å². The standard InChI is InChI=1S/C9H16N2O4S/c1-6-8-3-10-2-7(8)4-11(6)16(14,15)5-9(12)13/h6-8,10H,2-5H2,1H3,(H,12,13). The molecule has 2 saturated heterocycles. The molecule has 0 aromatic carbocycles. The van der Waals surface area contributed by atoms with Gasteiger partial charge in [0.05, 0.1) is 0 Å². The molecule has 6 nitrogen and oxygen atoms in total. The number of carbonyl (C=O) groups is 1. The smallest absolute Gasteiger partial charge is 0.320 e. The van der Waals surface area contributed by atoms with Crippen molar-refractivity contribution in [3.05, 3.63) is 0 Å². The summed E-state index contributed by atoms with van der Waals surface area (Å²) in [5.74, 6) is -1.44. The van der Waals surface area contributed by atoms with Gasteiger partial charge in [-0.15, -0.1) is 0 Å². The maximum atomic E-state index is 11.8. The van der Waals surface area contributed by atoms with E-state index in [2.05, 4.69) is 5.32 Å². The van der Waals surface area contributed by atoms with E-state index in [1.165, 1.54) is 4.31 Å². The van der Waals surface area contributed by atoms with E-state index in [0.717, 1.165) is 13.1 Å². The van der Waals surface area contributed by atoms with Crippen LogP contribution in [-0.2, 0) is 14.8 Å². The van der Waals surface area contributed by atoms with Crippen LogP contribution in [0.25, 0.3) is 0 Å². The summed E-state index contributed by atoms with van der Waals surface area (Å²) in [6, 6.07) is -0.0932. The molecule has 2 heterocycles. The van der Waals surface area contributed by atoms with E-state index < -0.39 is 21.7 Å². The lowest BCUT2D eigenvalue weighted by atomic mass is 9.95. The molecule has 3 atom stereocenters. The largest absolute Gasteiger partial charge is 0.480 e. The number of nitrogens with one attached hydrogen (secondary N) is 1. The number of aliphatic carboxylic acids is 1. The van der Waals surface area contributed by atoms with Crippen molar-refractivity contribution in [3.63, 3.8) is 0 Å². The Hall–Kier alpha value is -0.660. The minimum Gasteiger partial charge on any atom is -0.480 e. The van der Waals surface area contributed by atoms with Gasteiger partial charge in [-0.3, -0.25) is 4.79 Å². The van der Waals surface area contributed by atoms with Gasteiger partial charge in [-0.2, -0.15) is 4.31 Å². The van der Waals surface area contributed by atoms with Crippen LogP contribution in [0.2, 0.25) is 0 Å². The van der Waals surface area contributed by atoms with E-state index in [1.807, 2.05) is 6.92 Å². The average Bonchev–Trinajstić information content (AvgIpc) is 2.66. The molecule has 0 aliphatic carbocycles. The maximum absolute atomic E-state index is 11.8. The first-order valence-electron chi connectivity index (χ1n) is 5.34. The molecule has 7 heteroatoms. The molecule has 16 heavy (non-hydrogen) atoms. The number of nitrogens with zero attached hydrogens (tertiary/aromatic N) is 1. The van der Waals surface area contributed by atoms with Crippen LogP contribution in [0, 0.1) is 11.8 Å². The lowest BCUT2D eigenvalue weighted by Gasteiger charge is -2.22. The van der Waals surface area contributed by atoms with Crippen LogP contribution in [0.1, 0.15) is 6.92 Å². The topological polar surface area (TPSA) is 86.7 Å². The summed E-state index contributed by atoms with van der Waals surface area (Å²) in [5.41, 5.74) is 0. The number of rotatable bonds is 3. The first-order chi connectivity index (χ1) is 7.42. The normalized spacial score (nSPS) is 35.2. The Labute approximate surface area is 94.7 Å². The van der Waals surface area contributed by atoms with Crippen molar-refractivity contribution in [2.24, 2.45) is 11.8 Å². The predicted molar refractivity (Wildman–Crippen MR) is 57.4 cm³/mol. The first kappa shape index (κ1) is 11.8. The van der Waals surface area contributed by atoms with Crippen molar-refractivity contribution < 1.29 is 18.3 Å². The Kier molecular flexibility index (Phi) is 2.93. The summed E-state index contributed by atoms with van der Waals surface area (Å²) in [7, 11) is -3.64. The fourth-order valence-corrected chi connectivity index (χ4v) is 4.29. The third kappa shape index (κ3) is 1.94. The third-order valence-corrected chi connectivity index (χ3v) is 5.35. The quantitative estimate of drug-likeness (QED) is 0.665. The molecule has 0 aromatic heterocycles. The molecule has 0 amide bonds. The Morgan fingerprint density at radius 3 is 2.75 bits per heavy atom. The highest BCUT2D eigenvalue weighted by molar-refractivity contribution is 7.89. The van der Waals surface area contributed by atoms with Crippen LogP contribution in [0.5, 0.6) is 0 Å². The second kappa shape index (κ2) is 3.97. The first-order valence-corrected chi connectivity index (χ1v) is 6.95. The molecule has 0 radical (unpaired) electrons. The minimum atomic E-state index is -3.64. The summed E-state index contributed by atoms with van der Waals surface area (Å²) >= 11 is 0. The predicted octanol–water partition coefficient (Wildman–Crippen LogP) is -1.06. The van der Waals surface area contributed by atoms with Gasteiger partial charge in [0.25, 0.3) is 0 Å². The van der Waals surface area contributed by atoms with Crippen LogP contribution in [0.15, 0.2) is 0 Å². The van der Waals surface area contributed by atoms with Crippen molar-refractivity contribution >= 4 is 16.0 Å². The van der Waals surface area contributed by atoms with E-state index in [4.69, 9.17) is 5.11 Å². The van der Waals surface area contributed by atoms with Crippen LogP contribution in [0.4, 0.5) is 0 Å². The lowest BCUT2D eigenvalue weighted by Crippen LogP contribution is -2.40. The number of fused-ring (bicyclic) bond motifs is 1. The van der Waals surface area contributed by atoms with E-state index in [9.17, 15) is 13.2 Å². The fourth-order valence-electron chi connectivity index (χ4n) is 2.73. The van der Waals surface area contributed by atoms with Crippen LogP contribution in [-0.4, -0.2) is 55.2 Å². The number of hydrogen-bond donors (Lipinski definition) is 2. The molecule has 0 spiro atoms. The molecular weight excluding hydrogens is 232 g/mol. The highest BCUT2D eigenvalue weighted by Crippen LogP contribution is 2.34. The van der Waals surface area contributed by atoms with Crippen LogP contribution < -0.4 is 5.32 Å². The van der Waals surface area contributed by atoms with E-state index >= 15 is 0 Å². The van der Waals surface area contributed by atoms with Crippen molar-refractivity contribution in [2.75, 3.05) is 25.4 Å². The van der Waals surface area contributed by atoms with Gasteiger partial charge < -0.3 is 10.4 Å². The van der Waals surface area contributed by atoms with Crippen molar-refractivity contribution in [2.45, 2.75) is 13.0 Å². The van der Waals surface area contributed by atoms with E-state index in [1.54, 1.807) is 0 Å². The lowest BCUT2D eigenvalue weighted by molar-refractivity contribution is -0.134. The molecule has 2 N–H and O–H groups in total. The second-order valence-corrected chi connectivity index (χ2v) is 6.46. The molecular formula is C9H16N2O4S. The zero-order chi connectivity index (χ0) is 11.9. The van der Waals surface area contributed by atoms with Crippen molar-refractivity contribution in [1.82, 2.24) is 9.62 Å². The molecule has 0 bridgehead atoms. The highest BCUT2D eigenvalue weighted by atomic mass is 32.2. The zero-order valence-electron chi connectivity index (χ0n) is 9.09. The number of hydrogen-bond acceptors (Lipinski definition) is 4. The molecule has 2 aliphatic rings. The molecule has 0 saturated carbocycles. The molecule has 3 unspecified atom stereocenters. The molecule has 0 aromatic rings. The van der Waals surface area contributed by atoms with Gasteiger partial charge in [0.15, 0.2) is 5.75 Å². The SMILES string of the molecule is CC1C2CNCC2CN1S(=O)(=O)CC(=O)O. The highest BCUT2D eigenvalue weighted by Gasteiger charge is 2.46. The summed E-state index contributed by atoms with van der Waals surface area (Å²) in [6.45, 7) is 3.96. The molecule has 2 fully saturated rings. The van der Waals surface area contributed by atoms with Gasteiger partial charge in [0.1, 0.15) is 0 Å². The minimum absolute atomic E-state index is 0.0932. The summed E-state index contributed by atoms with van der Waals surface area (Å²) in [6.07, 6.45) is 0. The van der Waals surface area contributed by atoms with E-state index in [-0.39, 0.29) is 6.04 Å². The molecule has 2 rings (SSSR count). The van der Waals surface area contributed by atoms with Crippen LogP contribution >= 0.6 is 0 Å².